The van der Waals surface area contributed by atoms with Gasteiger partial charge in [0.15, 0.2) is 0 Å². The van der Waals surface area contributed by atoms with Gasteiger partial charge in [0.1, 0.15) is 0 Å². The van der Waals surface area contributed by atoms with Crippen molar-refractivity contribution in [2.24, 2.45) is 0 Å². The van der Waals surface area contributed by atoms with Crippen LogP contribution in [0.4, 0.5) is 17.1 Å². The lowest BCUT2D eigenvalue weighted by molar-refractivity contribution is -0.384. The molecule has 0 saturated carbocycles. The standard InChI is InChI=1S/C17H17N3O5/c1-2-16(22)19-15-9-11(3-4-12(15)10-21)17(23)18-13-5-7-14(8-6-13)20(24)25/h3-9,21H,2,10H2,1H3,(H,18,23)(H,19,22). The number of nitrogens with one attached hydrogen (secondary N) is 2. The Labute approximate surface area is 143 Å². The molecule has 0 heterocycles. The maximum absolute atomic E-state index is 12.3. The minimum Gasteiger partial charge on any atom is -0.392 e. The zero-order valence-corrected chi connectivity index (χ0v) is 13.5. The number of carbonyl (C=O) groups is 2. The van der Waals surface area contributed by atoms with Crippen molar-refractivity contribution < 1.29 is 19.6 Å². The van der Waals surface area contributed by atoms with E-state index in [4.69, 9.17) is 0 Å². The summed E-state index contributed by atoms with van der Waals surface area (Å²) in [5.74, 6) is -0.673. The molecule has 2 aromatic rings. The number of aliphatic hydroxyl groups excluding tert-OH is 1. The SMILES string of the molecule is CCC(=O)Nc1cc(C(=O)Nc2ccc([N+](=O)[O-])cc2)ccc1CO. The first-order valence-electron chi connectivity index (χ1n) is 7.54. The van der Waals surface area contributed by atoms with Crippen molar-refractivity contribution in [3.8, 4) is 0 Å². The van der Waals surface area contributed by atoms with E-state index in [1.54, 1.807) is 13.0 Å². The van der Waals surface area contributed by atoms with E-state index in [1.807, 2.05) is 0 Å². The number of nitrogens with zero attached hydrogens (tertiary/aromatic N) is 1. The fourth-order valence-electron chi connectivity index (χ4n) is 2.08. The van der Waals surface area contributed by atoms with Crippen LogP contribution in [0.15, 0.2) is 42.5 Å². The van der Waals surface area contributed by atoms with Gasteiger partial charge < -0.3 is 15.7 Å². The van der Waals surface area contributed by atoms with Gasteiger partial charge in [-0.3, -0.25) is 19.7 Å². The largest absolute Gasteiger partial charge is 0.392 e. The van der Waals surface area contributed by atoms with Crippen LogP contribution >= 0.6 is 0 Å². The van der Waals surface area contributed by atoms with Gasteiger partial charge in [-0.1, -0.05) is 13.0 Å². The first-order chi connectivity index (χ1) is 11.9. The molecule has 0 aliphatic heterocycles. The second kappa shape index (κ2) is 8.02. The van der Waals surface area contributed by atoms with Crippen LogP contribution in [0.25, 0.3) is 0 Å². The number of hydrogen-bond donors (Lipinski definition) is 3. The predicted octanol–water partition coefficient (Wildman–Crippen LogP) is 2.69. The highest BCUT2D eigenvalue weighted by Crippen LogP contribution is 2.20. The Kier molecular flexibility index (Phi) is 5.80. The zero-order valence-electron chi connectivity index (χ0n) is 13.5. The van der Waals surface area contributed by atoms with Crippen LogP contribution in [-0.4, -0.2) is 21.8 Å². The Morgan fingerprint density at radius 3 is 2.36 bits per heavy atom. The minimum absolute atomic E-state index is 0.0742. The third-order valence-electron chi connectivity index (χ3n) is 3.47. The van der Waals surface area contributed by atoms with Crippen molar-refractivity contribution in [2.45, 2.75) is 20.0 Å². The lowest BCUT2D eigenvalue weighted by atomic mass is 10.1. The number of rotatable bonds is 6. The van der Waals surface area contributed by atoms with Crippen LogP contribution in [0.1, 0.15) is 29.3 Å². The average molecular weight is 343 g/mol. The number of anilines is 2. The summed E-state index contributed by atoms with van der Waals surface area (Å²) in [6.45, 7) is 1.42. The Balaban J connectivity index is 2.19. The molecule has 8 nitrogen and oxygen atoms in total. The van der Waals surface area contributed by atoms with Crippen molar-refractivity contribution >= 4 is 28.9 Å². The van der Waals surface area contributed by atoms with Gasteiger partial charge in [-0.25, -0.2) is 0 Å². The maximum atomic E-state index is 12.3. The summed E-state index contributed by atoms with van der Waals surface area (Å²) in [5.41, 5.74) is 1.47. The minimum atomic E-state index is -0.526. The molecule has 2 rings (SSSR count). The fourth-order valence-corrected chi connectivity index (χ4v) is 2.08. The summed E-state index contributed by atoms with van der Waals surface area (Å²) in [6, 6.07) is 9.98. The van der Waals surface area contributed by atoms with Crippen molar-refractivity contribution in [3.63, 3.8) is 0 Å². The molecular weight excluding hydrogens is 326 g/mol. The van der Waals surface area contributed by atoms with Crippen LogP contribution in [0, 0.1) is 10.1 Å². The Morgan fingerprint density at radius 2 is 1.80 bits per heavy atom. The molecule has 0 aromatic heterocycles. The van der Waals surface area contributed by atoms with E-state index in [9.17, 15) is 24.8 Å². The van der Waals surface area contributed by atoms with Crippen LogP contribution in [0.2, 0.25) is 0 Å². The number of amides is 2. The summed E-state index contributed by atoms with van der Waals surface area (Å²) in [6.07, 6.45) is 0.268. The van der Waals surface area contributed by atoms with Gasteiger partial charge in [0.2, 0.25) is 5.91 Å². The third-order valence-corrected chi connectivity index (χ3v) is 3.47. The second-order valence-electron chi connectivity index (χ2n) is 5.19. The summed E-state index contributed by atoms with van der Waals surface area (Å²) >= 11 is 0. The van der Waals surface area contributed by atoms with E-state index in [1.165, 1.54) is 36.4 Å². The molecule has 2 aromatic carbocycles. The highest BCUT2D eigenvalue weighted by Gasteiger charge is 2.12. The quantitative estimate of drug-likeness (QED) is 0.550. The molecule has 0 fully saturated rings. The number of benzene rings is 2. The Hall–Kier alpha value is -3.26. The van der Waals surface area contributed by atoms with Crippen molar-refractivity contribution in [1.82, 2.24) is 0 Å². The molecule has 0 aliphatic carbocycles. The van der Waals surface area contributed by atoms with Gasteiger partial charge in [0.05, 0.1) is 11.5 Å². The summed E-state index contributed by atoms with van der Waals surface area (Å²) < 4.78 is 0. The molecule has 130 valence electrons. The molecule has 0 spiro atoms. The second-order valence-corrected chi connectivity index (χ2v) is 5.19. The topological polar surface area (TPSA) is 122 Å². The van der Waals surface area contributed by atoms with Crippen molar-refractivity contribution in [3.05, 3.63) is 63.7 Å². The third kappa shape index (κ3) is 4.61. The van der Waals surface area contributed by atoms with E-state index in [2.05, 4.69) is 10.6 Å². The Morgan fingerprint density at radius 1 is 1.12 bits per heavy atom. The van der Waals surface area contributed by atoms with E-state index < -0.39 is 10.8 Å². The van der Waals surface area contributed by atoms with E-state index in [-0.39, 0.29) is 30.2 Å². The average Bonchev–Trinajstić information content (AvgIpc) is 2.61. The van der Waals surface area contributed by atoms with Gasteiger partial charge >= 0.3 is 0 Å². The fraction of sp³-hybridized carbons (Fsp3) is 0.176. The number of nitro benzene ring substituents is 1. The summed E-state index contributed by atoms with van der Waals surface area (Å²) in [4.78, 5) is 34.0. The molecule has 2 amide bonds. The summed E-state index contributed by atoms with van der Waals surface area (Å²) in [7, 11) is 0. The monoisotopic (exact) mass is 343 g/mol. The summed E-state index contributed by atoms with van der Waals surface area (Å²) in [5, 5.41) is 25.2. The first-order valence-corrected chi connectivity index (χ1v) is 7.54. The molecule has 0 aliphatic rings. The molecule has 8 heteroatoms. The molecule has 0 saturated heterocycles. The van der Waals surface area contributed by atoms with E-state index in [0.717, 1.165) is 0 Å². The number of carbonyl (C=O) groups excluding carboxylic acids is 2. The van der Waals surface area contributed by atoms with Crippen molar-refractivity contribution in [2.75, 3.05) is 10.6 Å². The maximum Gasteiger partial charge on any atom is 0.269 e. The number of aliphatic hydroxyl groups is 1. The predicted molar refractivity (Wildman–Crippen MR) is 92.3 cm³/mol. The number of hydrogen-bond acceptors (Lipinski definition) is 5. The normalized spacial score (nSPS) is 10.2. The molecule has 3 N–H and O–H groups in total. The van der Waals surface area contributed by atoms with E-state index >= 15 is 0 Å². The van der Waals surface area contributed by atoms with Crippen LogP contribution in [0.3, 0.4) is 0 Å². The lowest BCUT2D eigenvalue weighted by Gasteiger charge is -2.11. The van der Waals surface area contributed by atoms with Gasteiger partial charge in [-0.15, -0.1) is 0 Å². The van der Waals surface area contributed by atoms with Gasteiger partial charge in [0, 0.05) is 41.1 Å². The van der Waals surface area contributed by atoms with Crippen LogP contribution in [-0.2, 0) is 11.4 Å². The molecular formula is C17H17N3O5. The number of non-ortho nitro benzene ring substituents is 1. The van der Waals surface area contributed by atoms with E-state index in [0.29, 0.717) is 16.9 Å². The number of nitro groups is 1. The van der Waals surface area contributed by atoms with Gasteiger partial charge in [-0.2, -0.15) is 0 Å². The van der Waals surface area contributed by atoms with Gasteiger partial charge in [0.25, 0.3) is 11.6 Å². The van der Waals surface area contributed by atoms with Crippen molar-refractivity contribution in [1.29, 1.82) is 0 Å². The highest BCUT2D eigenvalue weighted by atomic mass is 16.6. The molecule has 25 heavy (non-hydrogen) atoms. The van der Waals surface area contributed by atoms with Crippen LogP contribution in [0.5, 0.6) is 0 Å². The van der Waals surface area contributed by atoms with Crippen LogP contribution < -0.4 is 10.6 Å². The van der Waals surface area contributed by atoms with Gasteiger partial charge in [-0.05, 0) is 24.3 Å². The smallest absolute Gasteiger partial charge is 0.269 e. The molecule has 0 unspecified atom stereocenters. The molecule has 0 atom stereocenters. The highest BCUT2D eigenvalue weighted by molar-refractivity contribution is 6.05. The molecule has 0 radical (unpaired) electrons. The Bertz CT molecular complexity index is 802. The molecule has 0 bridgehead atoms. The zero-order chi connectivity index (χ0) is 18.4. The lowest BCUT2D eigenvalue weighted by Crippen LogP contribution is -2.15. The first kappa shape index (κ1) is 18.1.